The molecule has 6 heteroatoms. The number of rotatable bonds is 2. The summed E-state index contributed by atoms with van der Waals surface area (Å²) in [6, 6.07) is 4.39. The van der Waals surface area contributed by atoms with Gasteiger partial charge in [-0.05, 0) is 35.5 Å². The molecule has 0 spiro atoms. The Morgan fingerprint density at radius 2 is 2.00 bits per heavy atom. The topological polar surface area (TPSA) is 0 Å². The molecule has 0 radical (unpaired) electrons. The zero-order chi connectivity index (χ0) is 10.8. The number of halogens is 5. The fourth-order valence-electron chi connectivity index (χ4n) is 0.851. The lowest BCUT2D eigenvalue weighted by molar-refractivity contribution is -0.0328. The summed E-state index contributed by atoms with van der Waals surface area (Å²) in [5.74, 6) is 0.187. The van der Waals surface area contributed by atoms with Crippen molar-refractivity contribution in [2.75, 3.05) is 0 Å². The number of hydrogen-bond donors (Lipinski definition) is 0. The first-order valence-electron chi connectivity index (χ1n) is 3.52. The first-order valence-corrected chi connectivity index (χ1v) is 5.67. The number of hydrogen-bond acceptors (Lipinski definition) is 1. The van der Waals surface area contributed by atoms with Crippen LogP contribution in [-0.4, -0.2) is 5.51 Å². The van der Waals surface area contributed by atoms with Crippen LogP contribution in [0.5, 0.6) is 0 Å². The lowest BCUT2D eigenvalue weighted by atomic mass is 10.2. The second-order valence-corrected chi connectivity index (χ2v) is 4.69. The van der Waals surface area contributed by atoms with E-state index in [0.29, 0.717) is 5.56 Å². The van der Waals surface area contributed by atoms with Gasteiger partial charge >= 0.3 is 5.51 Å². The zero-order valence-corrected chi connectivity index (χ0v) is 9.90. The third kappa shape index (κ3) is 3.71. The molecule has 0 amide bonds. The molecule has 1 aromatic carbocycles. The van der Waals surface area contributed by atoms with Crippen molar-refractivity contribution in [2.45, 2.75) is 16.3 Å². The first-order chi connectivity index (χ1) is 6.42. The van der Waals surface area contributed by atoms with Gasteiger partial charge in [-0.3, -0.25) is 0 Å². The molecule has 0 fully saturated rings. The van der Waals surface area contributed by atoms with Crippen molar-refractivity contribution in [1.82, 2.24) is 0 Å². The smallest absolute Gasteiger partial charge is 0.160 e. The minimum atomic E-state index is -4.25. The average molecular weight is 306 g/mol. The Hall–Kier alpha value is 0.130. The molecule has 0 aliphatic heterocycles. The van der Waals surface area contributed by atoms with Crippen molar-refractivity contribution in [2.24, 2.45) is 0 Å². The van der Waals surface area contributed by atoms with Gasteiger partial charge in [0, 0.05) is 15.2 Å². The van der Waals surface area contributed by atoms with Gasteiger partial charge in [0.05, 0.1) is 0 Å². The molecule has 0 saturated carbocycles. The molecule has 0 nitrogen and oxygen atoms in total. The van der Waals surface area contributed by atoms with Crippen molar-refractivity contribution < 1.29 is 13.2 Å². The van der Waals surface area contributed by atoms with Crippen LogP contribution in [0.15, 0.2) is 27.6 Å². The van der Waals surface area contributed by atoms with E-state index in [2.05, 4.69) is 15.9 Å². The normalized spacial score (nSPS) is 11.8. The molecule has 0 heterocycles. The molecule has 0 bridgehead atoms. The van der Waals surface area contributed by atoms with Gasteiger partial charge in [0.2, 0.25) is 0 Å². The summed E-state index contributed by atoms with van der Waals surface area (Å²) < 4.78 is 36.7. The monoisotopic (exact) mass is 304 g/mol. The van der Waals surface area contributed by atoms with E-state index in [0.717, 1.165) is 4.47 Å². The molecule has 0 N–H and O–H groups in total. The molecule has 0 aromatic heterocycles. The van der Waals surface area contributed by atoms with E-state index in [1.165, 1.54) is 12.1 Å². The lowest BCUT2D eigenvalue weighted by Crippen LogP contribution is -1.99. The standard InChI is InChI=1S/C8H5BrClF3S/c9-7-2-1-6(3-5(7)4-10)14-8(11,12)13/h1-3H,4H2. The van der Waals surface area contributed by atoms with Crippen molar-refractivity contribution in [1.29, 1.82) is 0 Å². The summed E-state index contributed by atoms with van der Waals surface area (Å²) in [6.45, 7) is 0. The Balaban J connectivity index is 2.90. The molecule has 0 aliphatic rings. The number of alkyl halides is 4. The quantitative estimate of drug-likeness (QED) is 0.558. The molecule has 0 aliphatic carbocycles. The molecule has 0 atom stereocenters. The fraction of sp³-hybridized carbons (Fsp3) is 0.250. The fourth-order valence-corrected chi connectivity index (χ4v) is 2.22. The van der Waals surface area contributed by atoms with Crippen molar-refractivity contribution in [3.8, 4) is 0 Å². The predicted octanol–water partition coefficient (Wildman–Crippen LogP) is 4.80. The Morgan fingerprint density at radius 3 is 2.50 bits per heavy atom. The second kappa shape index (κ2) is 4.77. The molecule has 78 valence electrons. The van der Waals surface area contributed by atoms with Gasteiger partial charge < -0.3 is 0 Å². The highest BCUT2D eigenvalue weighted by Gasteiger charge is 2.29. The highest BCUT2D eigenvalue weighted by molar-refractivity contribution is 9.10. The van der Waals surface area contributed by atoms with E-state index in [1.807, 2.05) is 0 Å². The Labute approximate surface area is 97.0 Å². The van der Waals surface area contributed by atoms with Crippen LogP contribution in [0.2, 0.25) is 0 Å². The third-order valence-electron chi connectivity index (χ3n) is 1.39. The molecular weight excluding hydrogens is 301 g/mol. The van der Waals surface area contributed by atoms with Crippen molar-refractivity contribution in [3.05, 3.63) is 28.2 Å². The van der Waals surface area contributed by atoms with Gasteiger partial charge in [0.15, 0.2) is 0 Å². The lowest BCUT2D eigenvalue weighted by Gasteiger charge is -2.07. The van der Waals surface area contributed by atoms with Crippen LogP contribution in [-0.2, 0) is 5.88 Å². The molecule has 0 unspecified atom stereocenters. The van der Waals surface area contributed by atoms with E-state index in [1.54, 1.807) is 6.07 Å². The third-order valence-corrected chi connectivity index (χ3v) is 3.18. The largest absolute Gasteiger partial charge is 0.446 e. The predicted molar refractivity (Wildman–Crippen MR) is 55.6 cm³/mol. The second-order valence-electron chi connectivity index (χ2n) is 2.43. The summed E-state index contributed by atoms with van der Waals surface area (Å²) in [5, 5.41) is 0. The van der Waals surface area contributed by atoms with Crippen LogP contribution in [0.25, 0.3) is 0 Å². The Kier molecular flexibility index (Phi) is 4.15. The number of benzene rings is 1. The van der Waals surface area contributed by atoms with Gasteiger partial charge in [-0.25, -0.2) is 0 Å². The van der Waals surface area contributed by atoms with Gasteiger partial charge in [-0.1, -0.05) is 15.9 Å². The molecule has 1 rings (SSSR count). The van der Waals surface area contributed by atoms with E-state index < -0.39 is 5.51 Å². The van der Waals surface area contributed by atoms with Crippen LogP contribution < -0.4 is 0 Å². The van der Waals surface area contributed by atoms with E-state index in [-0.39, 0.29) is 22.5 Å². The maximum atomic E-state index is 12.0. The zero-order valence-electron chi connectivity index (χ0n) is 6.74. The minimum Gasteiger partial charge on any atom is -0.160 e. The molecule has 14 heavy (non-hydrogen) atoms. The minimum absolute atomic E-state index is 0.140. The summed E-state index contributed by atoms with van der Waals surface area (Å²) in [4.78, 5) is 0.149. The number of thioether (sulfide) groups is 1. The van der Waals surface area contributed by atoms with E-state index in [9.17, 15) is 13.2 Å². The first kappa shape index (κ1) is 12.2. The Morgan fingerprint density at radius 1 is 1.36 bits per heavy atom. The van der Waals surface area contributed by atoms with Crippen LogP contribution in [0.4, 0.5) is 13.2 Å². The maximum Gasteiger partial charge on any atom is 0.446 e. The van der Waals surface area contributed by atoms with Gasteiger partial charge in [-0.15, -0.1) is 11.6 Å². The summed E-state index contributed by atoms with van der Waals surface area (Å²) in [7, 11) is 0. The van der Waals surface area contributed by atoms with E-state index in [4.69, 9.17) is 11.6 Å². The van der Waals surface area contributed by atoms with Gasteiger partial charge in [0.1, 0.15) is 0 Å². The van der Waals surface area contributed by atoms with Crippen LogP contribution in [0, 0.1) is 0 Å². The molecule has 0 saturated heterocycles. The van der Waals surface area contributed by atoms with Crippen LogP contribution in [0.1, 0.15) is 5.56 Å². The highest BCUT2D eigenvalue weighted by atomic mass is 79.9. The molecule has 1 aromatic rings. The van der Waals surface area contributed by atoms with E-state index >= 15 is 0 Å². The summed E-state index contributed by atoms with van der Waals surface area (Å²) in [6.07, 6.45) is 0. The summed E-state index contributed by atoms with van der Waals surface area (Å²) in [5.41, 5.74) is -3.60. The van der Waals surface area contributed by atoms with Gasteiger partial charge in [-0.2, -0.15) is 13.2 Å². The van der Waals surface area contributed by atoms with Crippen molar-refractivity contribution in [3.63, 3.8) is 0 Å². The SMILES string of the molecule is FC(F)(F)Sc1ccc(Br)c(CCl)c1. The average Bonchev–Trinajstić information content (AvgIpc) is 2.06. The van der Waals surface area contributed by atoms with Crippen LogP contribution in [0.3, 0.4) is 0 Å². The highest BCUT2D eigenvalue weighted by Crippen LogP contribution is 2.38. The Bertz CT molecular complexity index is 327. The van der Waals surface area contributed by atoms with Crippen LogP contribution >= 0.6 is 39.3 Å². The maximum absolute atomic E-state index is 12.0. The van der Waals surface area contributed by atoms with Gasteiger partial charge in [0.25, 0.3) is 0 Å². The summed E-state index contributed by atoms with van der Waals surface area (Å²) >= 11 is 8.61. The molecular formula is C8H5BrClF3S. The van der Waals surface area contributed by atoms with Crippen molar-refractivity contribution >= 4 is 39.3 Å².